The Morgan fingerprint density at radius 3 is 2.62 bits per heavy atom. The number of aromatic nitrogens is 2. The van der Waals surface area contributed by atoms with Crippen molar-refractivity contribution >= 4 is 49.0 Å². The lowest BCUT2D eigenvalue weighted by atomic mass is 10.2. The second-order valence-electron chi connectivity index (χ2n) is 7.39. The summed E-state index contributed by atoms with van der Waals surface area (Å²) in [5, 5.41) is 5.03. The molecule has 0 saturated heterocycles. The zero-order valence-electron chi connectivity index (χ0n) is 18.7. The molecule has 0 bridgehead atoms. The van der Waals surface area contributed by atoms with Gasteiger partial charge in [-0.1, -0.05) is 29.8 Å². The van der Waals surface area contributed by atoms with Gasteiger partial charge in [-0.15, -0.1) is 0 Å². The number of ether oxygens (including phenoxy) is 2. The summed E-state index contributed by atoms with van der Waals surface area (Å²) in [6.45, 7) is 8.58. The van der Waals surface area contributed by atoms with Crippen molar-refractivity contribution in [3.05, 3.63) is 61.0 Å². The summed E-state index contributed by atoms with van der Waals surface area (Å²) in [5.74, 6) is 1.94. The maximum Gasteiger partial charge on any atom is 0.282 e. The number of benzene rings is 2. The molecule has 8 heteroatoms. The van der Waals surface area contributed by atoms with Gasteiger partial charge in [-0.05, 0) is 73.0 Å². The maximum atomic E-state index is 13.2. The Hall–Kier alpha value is -2.19. The van der Waals surface area contributed by atoms with Crippen molar-refractivity contribution in [2.45, 2.75) is 53.1 Å². The number of fused-ring (bicyclic) bond motifs is 1. The maximum absolute atomic E-state index is 13.2. The molecule has 0 amide bonds. The third kappa shape index (κ3) is 5.59. The van der Waals surface area contributed by atoms with Crippen molar-refractivity contribution in [2.75, 3.05) is 6.61 Å². The lowest BCUT2D eigenvalue weighted by molar-refractivity contribution is 0.203. The second kappa shape index (κ2) is 11.1. The molecular weight excluding hydrogens is 538 g/mol. The number of rotatable bonds is 9. The molecule has 0 aliphatic heterocycles. The van der Waals surface area contributed by atoms with Gasteiger partial charge in [-0.2, -0.15) is 9.78 Å². The summed E-state index contributed by atoms with van der Waals surface area (Å²) in [5.41, 5.74) is 1.24. The van der Waals surface area contributed by atoms with Crippen LogP contribution in [0.1, 0.15) is 51.9 Å². The average molecular weight is 565 g/mol. The van der Waals surface area contributed by atoms with Gasteiger partial charge in [0.05, 0.1) is 29.8 Å². The van der Waals surface area contributed by atoms with E-state index in [0.717, 1.165) is 27.4 Å². The van der Waals surface area contributed by atoms with Crippen LogP contribution in [0.5, 0.6) is 11.5 Å². The van der Waals surface area contributed by atoms with Crippen LogP contribution < -0.4 is 15.0 Å². The Balaban J connectivity index is 2.08. The minimum Gasteiger partial charge on any atom is -0.490 e. The fourth-order valence-corrected chi connectivity index (χ4v) is 3.92. The van der Waals surface area contributed by atoms with E-state index in [9.17, 15) is 4.79 Å². The number of nitrogens with zero attached hydrogens (tertiary/aromatic N) is 3. The smallest absolute Gasteiger partial charge is 0.282 e. The summed E-state index contributed by atoms with van der Waals surface area (Å²) in [4.78, 5) is 17.9. The Kier molecular flexibility index (Phi) is 8.48. The summed E-state index contributed by atoms with van der Waals surface area (Å²) in [7, 11) is 0. The molecule has 1 atom stereocenters. The first-order valence-electron chi connectivity index (χ1n) is 10.8. The Morgan fingerprint density at radius 2 is 1.94 bits per heavy atom. The van der Waals surface area contributed by atoms with E-state index < -0.39 is 0 Å². The minimum atomic E-state index is -0.200. The zero-order chi connectivity index (χ0) is 23.3. The molecular formula is C24H27Br2N3O3. The lowest BCUT2D eigenvalue weighted by Crippen LogP contribution is -2.22. The largest absolute Gasteiger partial charge is 0.490 e. The highest BCUT2D eigenvalue weighted by atomic mass is 79.9. The average Bonchev–Trinajstić information content (AvgIpc) is 2.76. The number of hydrogen-bond acceptors (Lipinski definition) is 5. The fraction of sp³-hybridized carbons (Fsp3) is 0.375. The van der Waals surface area contributed by atoms with Crippen LogP contribution in [0.15, 0.2) is 49.2 Å². The van der Waals surface area contributed by atoms with Gasteiger partial charge < -0.3 is 9.47 Å². The molecule has 0 saturated carbocycles. The first-order valence-corrected chi connectivity index (χ1v) is 12.3. The molecule has 0 N–H and O–H groups in total. The van der Waals surface area contributed by atoms with Gasteiger partial charge in [-0.3, -0.25) is 4.79 Å². The topological polar surface area (TPSA) is 65.7 Å². The molecule has 0 radical (unpaired) electrons. The van der Waals surface area contributed by atoms with Gasteiger partial charge >= 0.3 is 0 Å². The van der Waals surface area contributed by atoms with Crippen molar-refractivity contribution in [3.63, 3.8) is 0 Å². The normalized spacial score (nSPS) is 12.4. The predicted molar refractivity (Wildman–Crippen MR) is 136 cm³/mol. The van der Waals surface area contributed by atoms with Gasteiger partial charge in [0.15, 0.2) is 11.5 Å². The van der Waals surface area contributed by atoms with E-state index in [2.05, 4.69) is 48.9 Å². The highest BCUT2D eigenvalue weighted by Gasteiger charge is 2.14. The van der Waals surface area contributed by atoms with Crippen LogP contribution in [0.25, 0.3) is 10.9 Å². The minimum absolute atomic E-state index is 0.0683. The second-order valence-corrected chi connectivity index (χ2v) is 9.16. The Bertz CT molecular complexity index is 1190. The van der Waals surface area contributed by atoms with Crippen molar-refractivity contribution in [3.8, 4) is 11.5 Å². The molecule has 1 aromatic heterocycles. The van der Waals surface area contributed by atoms with Crippen LogP contribution in [-0.2, 0) is 6.42 Å². The molecule has 3 rings (SSSR count). The van der Waals surface area contributed by atoms with Gasteiger partial charge in [0.2, 0.25) is 0 Å². The van der Waals surface area contributed by atoms with Crippen LogP contribution in [0, 0.1) is 0 Å². The first kappa shape index (κ1) is 24.5. The van der Waals surface area contributed by atoms with E-state index in [1.807, 2.05) is 45.0 Å². The molecule has 6 nitrogen and oxygen atoms in total. The fourth-order valence-electron chi connectivity index (χ4n) is 3.13. The number of aryl methyl sites for hydroxylation is 1. The summed E-state index contributed by atoms with van der Waals surface area (Å²) in [6.07, 6.45) is 4.10. The van der Waals surface area contributed by atoms with Crippen molar-refractivity contribution in [2.24, 2.45) is 5.10 Å². The highest BCUT2D eigenvalue weighted by molar-refractivity contribution is 9.10. The van der Waals surface area contributed by atoms with Crippen LogP contribution in [0.2, 0.25) is 0 Å². The molecule has 0 fully saturated rings. The molecule has 170 valence electrons. The third-order valence-corrected chi connectivity index (χ3v) is 6.11. The van der Waals surface area contributed by atoms with Crippen molar-refractivity contribution in [1.82, 2.24) is 9.66 Å². The Labute approximate surface area is 204 Å². The SMILES string of the molecule is CCCc1nc2ccc(Br)cc2c(=O)n1N=Cc1cc(OCC)c(O[C@@H](C)CC)cc1Br. The van der Waals surface area contributed by atoms with Crippen LogP contribution in [-0.4, -0.2) is 28.6 Å². The molecule has 1 heterocycles. The molecule has 32 heavy (non-hydrogen) atoms. The van der Waals surface area contributed by atoms with E-state index in [-0.39, 0.29) is 11.7 Å². The number of hydrogen-bond donors (Lipinski definition) is 0. The third-order valence-electron chi connectivity index (χ3n) is 4.93. The molecule has 0 spiro atoms. The number of halogens is 2. The molecule has 3 aromatic rings. The molecule has 0 aliphatic rings. The first-order chi connectivity index (χ1) is 15.4. The van der Waals surface area contributed by atoms with E-state index in [1.54, 1.807) is 12.3 Å². The van der Waals surface area contributed by atoms with Gasteiger partial charge in [0, 0.05) is 20.9 Å². The van der Waals surface area contributed by atoms with Crippen molar-refractivity contribution < 1.29 is 9.47 Å². The van der Waals surface area contributed by atoms with Crippen molar-refractivity contribution in [1.29, 1.82) is 0 Å². The van der Waals surface area contributed by atoms with Gasteiger partial charge in [-0.25, -0.2) is 4.98 Å². The highest BCUT2D eigenvalue weighted by Crippen LogP contribution is 2.34. The van der Waals surface area contributed by atoms with Crippen LogP contribution >= 0.6 is 31.9 Å². The summed E-state index contributed by atoms with van der Waals surface area (Å²) >= 11 is 7.03. The predicted octanol–water partition coefficient (Wildman–Crippen LogP) is 6.33. The van der Waals surface area contributed by atoms with Gasteiger partial charge in [0.25, 0.3) is 5.56 Å². The zero-order valence-corrected chi connectivity index (χ0v) is 21.9. The quantitative estimate of drug-likeness (QED) is 0.285. The Morgan fingerprint density at radius 1 is 1.16 bits per heavy atom. The van der Waals surface area contributed by atoms with Gasteiger partial charge in [0.1, 0.15) is 5.82 Å². The van der Waals surface area contributed by atoms with E-state index >= 15 is 0 Å². The van der Waals surface area contributed by atoms with E-state index in [0.29, 0.717) is 41.3 Å². The lowest BCUT2D eigenvalue weighted by Gasteiger charge is -2.17. The van der Waals surface area contributed by atoms with Crippen LogP contribution in [0.4, 0.5) is 0 Å². The molecule has 0 unspecified atom stereocenters. The summed E-state index contributed by atoms with van der Waals surface area (Å²) < 4.78 is 14.8. The van der Waals surface area contributed by atoms with Crippen LogP contribution in [0.3, 0.4) is 0 Å². The van der Waals surface area contributed by atoms with E-state index in [4.69, 9.17) is 9.47 Å². The standard InChI is InChI=1S/C24H27Br2N3O3/c1-5-8-23-28-20-10-9-17(25)12-18(20)24(30)29(23)27-14-16-11-21(31-7-3)22(13-19(16)26)32-15(4)6-2/h9-15H,5-8H2,1-4H3/t15-/m0/s1. The summed E-state index contributed by atoms with van der Waals surface area (Å²) in [6, 6.07) is 9.24. The molecule has 2 aromatic carbocycles. The monoisotopic (exact) mass is 563 g/mol. The van der Waals surface area contributed by atoms with E-state index in [1.165, 1.54) is 4.68 Å². The molecule has 0 aliphatic carbocycles.